The molecule has 84 valence electrons. The van der Waals surface area contributed by atoms with Crippen LogP contribution in [0.1, 0.15) is 24.9 Å². The fraction of sp³-hybridized carbons (Fsp3) is 0.455. The van der Waals surface area contributed by atoms with E-state index in [1.165, 1.54) is 3.57 Å². The molecule has 3 nitrogen and oxygen atoms in total. The van der Waals surface area contributed by atoms with Gasteiger partial charge in [0.05, 0.1) is 12.6 Å². The number of hydrogen-bond donors (Lipinski definition) is 2. The van der Waals surface area contributed by atoms with Crippen LogP contribution in [0.4, 0.5) is 0 Å². The average molecular weight is 320 g/mol. The molecule has 1 atom stereocenters. The zero-order valence-corrected chi connectivity index (χ0v) is 11.0. The van der Waals surface area contributed by atoms with Crippen molar-refractivity contribution in [1.29, 1.82) is 0 Å². The quantitative estimate of drug-likeness (QED) is 0.366. The van der Waals surface area contributed by atoms with Crippen LogP contribution < -0.4 is 11.3 Å². The third kappa shape index (κ3) is 4.46. The van der Waals surface area contributed by atoms with E-state index >= 15 is 0 Å². The van der Waals surface area contributed by atoms with Gasteiger partial charge in [-0.05, 0) is 46.7 Å². The molecule has 0 spiro atoms. The summed E-state index contributed by atoms with van der Waals surface area (Å²) in [6, 6.07) is 8.36. The van der Waals surface area contributed by atoms with E-state index in [0.717, 1.165) is 18.6 Å². The highest BCUT2D eigenvalue weighted by atomic mass is 127. The molecule has 0 aromatic heterocycles. The molecular weight excluding hydrogens is 303 g/mol. The van der Waals surface area contributed by atoms with Crippen LogP contribution in [0, 0.1) is 3.57 Å². The van der Waals surface area contributed by atoms with E-state index in [-0.39, 0.29) is 6.04 Å². The van der Waals surface area contributed by atoms with Crippen molar-refractivity contribution in [1.82, 2.24) is 5.43 Å². The van der Waals surface area contributed by atoms with Gasteiger partial charge >= 0.3 is 0 Å². The SMILES string of the molecule is CCCOCC(NN)c1ccc(I)cc1. The first-order chi connectivity index (χ1) is 7.27. The first kappa shape index (κ1) is 12.9. The lowest BCUT2D eigenvalue weighted by Crippen LogP contribution is -2.31. The smallest absolute Gasteiger partial charge is 0.0693 e. The summed E-state index contributed by atoms with van der Waals surface area (Å²) in [5, 5.41) is 0. The van der Waals surface area contributed by atoms with Gasteiger partial charge in [-0.2, -0.15) is 0 Å². The Bertz CT molecular complexity index is 276. The third-order valence-electron chi connectivity index (χ3n) is 2.11. The van der Waals surface area contributed by atoms with Gasteiger partial charge < -0.3 is 4.74 Å². The first-order valence-electron chi connectivity index (χ1n) is 5.07. The number of rotatable bonds is 6. The summed E-state index contributed by atoms with van der Waals surface area (Å²) >= 11 is 2.28. The van der Waals surface area contributed by atoms with Crippen LogP contribution in [0.3, 0.4) is 0 Å². The van der Waals surface area contributed by atoms with E-state index < -0.39 is 0 Å². The summed E-state index contributed by atoms with van der Waals surface area (Å²) in [5.74, 6) is 5.49. The monoisotopic (exact) mass is 320 g/mol. The number of ether oxygens (including phenoxy) is 1. The number of halogens is 1. The van der Waals surface area contributed by atoms with Gasteiger partial charge in [-0.25, -0.2) is 0 Å². The van der Waals surface area contributed by atoms with Gasteiger partial charge in [-0.15, -0.1) is 0 Å². The largest absolute Gasteiger partial charge is 0.379 e. The molecule has 1 rings (SSSR count). The number of hydrazine groups is 1. The summed E-state index contributed by atoms with van der Waals surface area (Å²) in [6.45, 7) is 3.49. The molecule has 4 heteroatoms. The minimum Gasteiger partial charge on any atom is -0.379 e. The molecule has 1 aromatic carbocycles. The fourth-order valence-corrected chi connectivity index (χ4v) is 1.64. The molecule has 0 saturated carbocycles. The zero-order valence-electron chi connectivity index (χ0n) is 8.87. The third-order valence-corrected chi connectivity index (χ3v) is 2.83. The first-order valence-corrected chi connectivity index (χ1v) is 6.15. The predicted molar refractivity (Wildman–Crippen MR) is 70.3 cm³/mol. The van der Waals surface area contributed by atoms with Crippen LogP contribution in [-0.2, 0) is 4.74 Å². The maximum Gasteiger partial charge on any atom is 0.0693 e. The van der Waals surface area contributed by atoms with Crippen LogP contribution in [0.15, 0.2) is 24.3 Å². The molecule has 0 fully saturated rings. The van der Waals surface area contributed by atoms with Crippen molar-refractivity contribution in [2.45, 2.75) is 19.4 Å². The summed E-state index contributed by atoms with van der Waals surface area (Å²) < 4.78 is 6.70. The Kier molecular flexibility index (Phi) is 6.16. The van der Waals surface area contributed by atoms with Crippen molar-refractivity contribution < 1.29 is 4.74 Å². The second-order valence-electron chi connectivity index (χ2n) is 3.35. The molecule has 0 bridgehead atoms. The van der Waals surface area contributed by atoms with Crippen molar-refractivity contribution in [2.75, 3.05) is 13.2 Å². The molecule has 3 N–H and O–H groups in total. The van der Waals surface area contributed by atoms with Crippen LogP contribution in [0.5, 0.6) is 0 Å². The van der Waals surface area contributed by atoms with Gasteiger partial charge in [-0.1, -0.05) is 19.1 Å². The maximum absolute atomic E-state index is 5.49. The van der Waals surface area contributed by atoms with Gasteiger partial charge in [0, 0.05) is 10.2 Å². The Hall–Kier alpha value is -0.170. The standard InChI is InChI=1S/C11H17IN2O/c1-2-7-15-8-11(14-13)9-3-5-10(12)6-4-9/h3-6,11,14H,2,7-8,13H2,1H3. The highest BCUT2D eigenvalue weighted by Gasteiger charge is 2.08. The van der Waals surface area contributed by atoms with Gasteiger partial charge in [0.2, 0.25) is 0 Å². The highest BCUT2D eigenvalue weighted by molar-refractivity contribution is 14.1. The minimum absolute atomic E-state index is 0.0774. The lowest BCUT2D eigenvalue weighted by atomic mass is 10.1. The van der Waals surface area contributed by atoms with Gasteiger partial charge in [0.1, 0.15) is 0 Å². The van der Waals surface area contributed by atoms with Crippen molar-refractivity contribution in [3.63, 3.8) is 0 Å². The minimum atomic E-state index is 0.0774. The van der Waals surface area contributed by atoms with Crippen molar-refractivity contribution in [3.8, 4) is 0 Å². The lowest BCUT2D eigenvalue weighted by Gasteiger charge is -2.16. The molecule has 0 radical (unpaired) electrons. The van der Waals surface area contributed by atoms with Crippen molar-refractivity contribution in [3.05, 3.63) is 33.4 Å². The van der Waals surface area contributed by atoms with E-state index in [0.29, 0.717) is 6.61 Å². The summed E-state index contributed by atoms with van der Waals surface area (Å²) in [5.41, 5.74) is 3.93. The molecular formula is C11H17IN2O. The molecule has 0 aliphatic heterocycles. The summed E-state index contributed by atoms with van der Waals surface area (Å²) in [6.07, 6.45) is 1.03. The Morgan fingerprint density at radius 2 is 2.07 bits per heavy atom. The number of nitrogens with one attached hydrogen (secondary N) is 1. The van der Waals surface area contributed by atoms with E-state index in [2.05, 4.69) is 59.2 Å². The highest BCUT2D eigenvalue weighted by Crippen LogP contribution is 2.14. The van der Waals surface area contributed by atoms with Crippen molar-refractivity contribution >= 4 is 22.6 Å². The topological polar surface area (TPSA) is 47.3 Å². The Morgan fingerprint density at radius 3 is 2.60 bits per heavy atom. The summed E-state index contributed by atoms with van der Waals surface area (Å²) in [7, 11) is 0. The molecule has 0 aliphatic rings. The molecule has 1 unspecified atom stereocenters. The second kappa shape index (κ2) is 7.16. The van der Waals surface area contributed by atoms with Crippen LogP contribution in [-0.4, -0.2) is 13.2 Å². The van der Waals surface area contributed by atoms with Crippen LogP contribution in [0.25, 0.3) is 0 Å². The number of nitrogens with two attached hydrogens (primary N) is 1. The maximum atomic E-state index is 5.49. The molecule has 0 saturated heterocycles. The van der Waals surface area contributed by atoms with Crippen LogP contribution >= 0.6 is 22.6 Å². The second-order valence-corrected chi connectivity index (χ2v) is 4.59. The van der Waals surface area contributed by atoms with Crippen LogP contribution in [0.2, 0.25) is 0 Å². The lowest BCUT2D eigenvalue weighted by molar-refractivity contribution is 0.112. The normalized spacial score (nSPS) is 12.7. The van der Waals surface area contributed by atoms with Gasteiger partial charge in [0.15, 0.2) is 0 Å². The van der Waals surface area contributed by atoms with Gasteiger partial charge in [0.25, 0.3) is 0 Å². The molecule has 0 heterocycles. The van der Waals surface area contributed by atoms with E-state index in [4.69, 9.17) is 10.6 Å². The van der Waals surface area contributed by atoms with E-state index in [1.807, 2.05) is 0 Å². The Labute approximate surface area is 104 Å². The molecule has 0 aliphatic carbocycles. The Balaban J connectivity index is 2.53. The number of benzene rings is 1. The van der Waals surface area contributed by atoms with Crippen molar-refractivity contribution in [2.24, 2.45) is 5.84 Å². The Morgan fingerprint density at radius 1 is 1.40 bits per heavy atom. The molecule has 15 heavy (non-hydrogen) atoms. The predicted octanol–water partition coefficient (Wildman–Crippen LogP) is 2.22. The van der Waals surface area contributed by atoms with E-state index in [1.54, 1.807) is 0 Å². The van der Waals surface area contributed by atoms with Gasteiger partial charge in [-0.3, -0.25) is 11.3 Å². The molecule has 1 aromatic rings. The van der Waals surface area contributed by atoms with E-state index in [9.17, 15) is 0 Å². The summed E-state index contributed by atoms with van der Waals surface area (Å²) in [4.78, 5) is 0. The fourth-order valence-electron chi connectivity index (χ4n) is 1.28. The number of hydrogen-bond acceptors (Lipinski definition) is 3. The average Bonchev–Trinajstić information content (AvgIpc) is 2.26. The zero-order chi connectivity index (χ0) is 11.1. The molecule has 0 amide bonds.